The van der Waals surface area contributed by atoms with Gasteiger partial charge >= 0.3 is 0 Å². The van der Waals surface area contributed by atoms with Crippen LogP contribution in [0.5, 0.6) is 5.75 Å². The van der Waals surface area contributed by atoms with E-state index in [4.69, 9.17) is 0 Å². The van der Waals surface area contributed by atoms with Crippen LogP contribution in [-0.2, 0) is 6.42 Å². The number of benzene rings is 1. The normalized spacial score (nSPS) is 20.2. The molecule has 0 aliphatic carbocycles. The van der Waals surface area contributed by atoms with Gasteiger partial charge in [0.1, 0.15) is 11.3 Å². The highest BCUT2D eigenvalue weighted by molar-refractivity contribution is 5.30. The van der Waals surface area contributed by atoms with Crippen LogP contribution in [0.25, 0.3) is 0 Å². The highest BCUT2D eigenvalue weighted by Gasteiger charge is 2.32. The first kappa shape index (κ1) is 13.9. The quantitative estimate of drug-likeness (QED) is 0.906. The van der Waals surface area contributed by atoms with E-state index in [0.29, 0.717) is 6.42 Å². The SMILES string of the molecule is CC(C#N)(Cc1cccc(O)c1)N1CCCCCC1. The molecular weight excluding hydrogens is 236 g/mol. The van der Waals surface area contributed by atoms with Crippen LogP contribution in [0.4, 0.5) is 0 Å². The molecule has 19 heavy (non-hydrogen) atoms. The van der Waals surface area contributed by atoms with E-state index in [1.165, 1.54) is 25.7 Å². The van der Waals surface area contributed by atoms with Gasteiger partial charge in [0.15, 0.2) is 0 Å². The topological polar surface area (TPSA) is 47.3 Å². The van der Waals surface area contributed by atoms with Crippen LogP contribution < -0.4 is 0 Å². The van der Waals surface area contributed by atoms with E-state index in [2.05, 4.69) is 11.0 Å². The van der Waals surface area contributed by atoms with Crippen LogP contribution in [0, 0.1) is 11.3 Å². The maximum atomic E-state index is 9.61. The first-order valence-electron chi connectivity index (χ1n) is 7.08. The average molecular weight is 258 g/mol. The Bertz CT molecular complexity index is 458. The van der Waals surface area contributed by atoms with E-state index in [9.17, 15) is 10.4 Å². The van der Waals surface area contributed by atoms with E-state index >= 15 is 0 Å². The molecule has 3 nitrogen and oxygen atoms in total. The Labute approximate surface area is 115 Å². The molecule has 0 amide bonds. The Hall–Kier alpha value is -1.53. The Morgan fingerprint density at radius 2 is 1.95 bits per heavy atom. The van der Waals surface area contributed by atoms with Crippen molar-refractivity contribution in [3.63, 3.8) is 0 Å². The Morgan fingerprint density at radius 3 is 2.53 bits per heavy atom. The lowest BCUT2D eigenvalue weighted by molar-refractivity contribution is 0.157. The van der Waals surface area contributed by atoms with Gasteiger partial charge in [-0.25, -0.2) is 0 Å². The summed E-state index contributed by atoms with van der Waals surface area (Å²) in [6.45, 7) is 4.02. The zero-order valence-corrected chi connectivity index (χ0v) is 11.6. The molecule has 0 spiro atoms. The van der Waals surface area contributed by atoms with E-state index in [-0.39, 0.29) is 5.75 Å². The minimum atomic E-state index is -0.474. The summed E-state index contributed by atoms with van der Waals surface area (Å²) in [5.41, 5.74) is 0.547. The van der Waals surface area contributed by atoms with Crippen molar-refractivity contribution in [3.05, 3.63) is 29.8 Å². The third-order valence-corrected chi connectivity index (χ3v) is 4.00. The molecule has 1 saturated heterocycles. The first-order valence-corrected chi connectivity index (χ1v) is 7.08. The number of phenols is 1. The van der Waals surface area contributed by atoms with Crippen LogP contribution in [0.15, 0.2) is 24.3 Å². The van der Waals surface area contributed by atoms with E-state index in [1.54, 1.807) is 12.1 Å². The minimum Gasteiger partial charge on any atom is -0.508 e. The fraction of sp³-hybridized carbons (Fsp3) is 0.562. The second kappa shape index (κ2) is 6.08. The Kier molecular flexibility index (Phi) is 4.44. The third-order valence-electron chi connectivity index (χ3n) is 4.00. The molecule has 1 aromatic carbocycles. The monoisotopic (exact) mass is 258 g/mol. The minimum absolute atomic E-state index is 0.272. The van der Waals surface area contributed by atoms with Crippen molar-refractivity contribution in [2.75, 3.05) is 13.1 Å². The fourth-order valence-electron chi connectivity index (χ4n) is 2.85. The van der Waals surface area contributed by atoms with Crippen LogP contribution in [0.2, 0.25) is 0 Å². The molecule has 1 aromatic rings. The van der Waals surface area contributed by atoms with Crippen molar-refractivity contribution < 1.29 is 5.11 Å². The van der Waals surface area contributed by atoms with Crippen LogP contribution in [-0.4, -0.2) is 28.6 Å². The van der Waals surface area contributed by atoms with Gasteiger partial charge in [0.05, 0.1) is 6.07 Å². The number of rotatable bonds is 3. The summed E-state index contributed by atoms with van der Waals surface area (Å²) in [4.78, 5) is 2.31. The molecule has 0 bridgehead atoms. The van der Waals surface area contributed by atoms with Gasteiger partial charge in [-0.2, -0.15) is 5.26 Å². The highest BCUT2D eigenvalue weighted by Crippen LogP contribution is 2.25. The number of likely N-dealkylation sites (tertiary alicyclic amines) is 1. The Balaban J connectivity index is 2.15. The molecule has 0 saturated carbocycles. The van der Waals surface area contributed by atoms with E-state index < -0.39 is 5.54 Å². The summed E-state index contributed by atoms with van der Waals surface area (Å²) in [6, 6.07) is 9.73. The van der Waals surface area contributed by atoms with Crippen molar-refractivity contribution >= 4 is 0 Å². The molecule has 1 atom stereocenters. The number of nitrogens with zero attached hydrogens (tertiary/aromatic N) is 2. The molecule has 1 aliphatic rings. The molecule has 1 unspecified atom stereocenters. The van der Waals surface area contributed by atoms with E-state index in [0.717, 1.165) is 18.7 Å². The van der Waals surface area contributed by atoms with Crippen LogP contribution in [0.3, 0.4) is 0 Å². The van der Waals surface area contributed by atoms with Gasteiger partial charge in [0, 0.05) is 6.42 Å². The van der Waals surface area contributed by atoms with Gasteiger partial charge in [0.25, 0.3) is 0 Å². The van der Waals surface area contributed by atoms with Gasteiger partial charge in [-0.15, -0.1) is 0 Å². The second-order valence-corrected chi connectivity index (χ2v) is 5.63. The zero-order valence-electron chi connectivity index (χ0n) is 11.6. The third kappa shape index (κ3) is 3.48. The molecule has 1 fully saturated rings. The van der Waals surface area contributed by atoms with Crippen molar-refractivity contribution in [3.8, 4) is 11.8 Å². The molecule has 3 heteroatoms. The molecule has 0 aromatic heterocycles. The summed E-state index contributed by atoms with van der Waals surface area (Å²) in [7, 11) is 0. The van der Waals surface area contributed by atoms with Crippen LogP contribution >= 0.6 is 0 Å². The lowest BCUT2D eigenvalue weighted by Gasteiger charge is -2.35. The van der Waals surface area contributed by atoms with Gasteiger partial charge in [-0.3, -0.25) is 4.90 Å². The molecule has 1 heterocycles. The smallest absolute Gasteiger partial charge is 0.115 e. The zero-order chi connectivity index (χ0) is 13.7. The van der Waals surface area contributed by atoms with Gasteiger partial charge in [-0.1, -0.05) is 25.0 Å². The van der Waals surface area contributed by atoms with Crippen molar-refractivity contribution in [1.29, 1.82) is 5.26 Å². The highest BCUT2D eigenvalue weighted by atomic mass is 16.3. The van der Waals surface area contributed by atoms with Gasteiger partial charge < -0.3 is 5.11 Å². The lowest BCUT2D eigenvalue weighted by atomic mass is 9.92. The predicted octanol–water partition coefficient (Wildman–Crippen LogP) is 3.09. The second-order valence-electron chi connectivity index (χ2n) is 5.63. The fourth-order valence-corrected chi connectivity index (χ4v) is 2.85. The number of aromatic hydroxyl groups is 1. The maximum absolute atomic E-state index is 9.61. The predicted molar refractivity (Wildman–Crippen MR) is 75.9 cm³/mol. The van der Waals surface area contributed by atoms with Crippen molar-refractivity contribution in [1.82, 2.24) is 4.90 Å². The molecule has 1 N–H and O–H groups in total. The summed E-state index contributed by atoms with van der Waals surface area (Å²) in [5, 5.41) is 19.1. The summed E-state index contributed by atoms with van der Waals surface area (Å²) >= 11 is 0. The van der Waals surface area contributed by atoms with Crippen molar-refractivity contribution in [2.45, 2.75) is 44.6 Å². The molecule has 1 aliphatic heterocycles. The van der Waals surface area contributed by atoms with Crippen molar-refractivity contribution in [2.24, 2.45) is 0 Å². The van der Waals surface area contributed by atoms with Gasteiger partial charge in [-0.05, 0) is 50.6 Å². The van der Waals surface area contributed by atoms with Crippen LogP contribution in [0.1, 0.15) is 38.2 Å². The number of nitriles is 1. The average Bonchev–Trinajstić information content (AvgIpc) is 2.68. The Morgan fingerprint density at radius 1 is 1.26 bits per heavy atom. The number of phenolic OH excluding ortho intramolecular Hbond substituents is 1. The number of hydrogen-bond acceptors (Lipinski definition) is 3. The standard InChI is InChI=1S/C16H22N2O/c1-16(13-17,18-9-4-2-3-5-10-18)12-14-7-6-8-15(19)11-14/h6-8,11,19H,2-5,9-10,12H2,1H3. The molecule has 2 rings (SSSR count). The summed E-state index contributed by atoms with van der Waals surface area (Å²) in [5.74, 6) is 0.272. The molecule has 102 valence electrons. The maximum Gasteiger partial charge on any atom is 0.115 e. The van der Waals surface area contributed by atoms with Gasteiger partial charge in [0.2, 0.25) is 0 Å². The molecular formula is C16H22N2O. The lowest BCUT2D eigenvalue weighted by Crippen LogP contribution is -2.47. The van der Waals surface area contributed by atoms with E-state index in [1.807, 2.05) is 19.1 Å². The largest absolute Gasteiger partial charge is 0.508 e. The molecule has 0 radical (unpaired) electrons. The summed E-state index contributed by atoms with van der Waals surface area (Å²) < 4.78 is 0. The summed E-state index contributed by atoms with van der Waals surface area (Å²) in [6.07, 6.45) is 5.56. The number of hydrogen-bond donors (Lipinski definition) is 1. The first-order chi connectivity index (χ1) is 9.14.